The Balaban J connectivity index is 2.98. The Kier molecular flexibility index (Phi) is 4.85. The van der Waals surface area contributed by atoms with Gasteiger partial charge in [0.2, 0.25) is 0 Å². The molecule has 0 saturated carbocycles. The Hall–Kier alpha value is -1.23. The second-order valence-corrected chi connectivity index (χ2v) is 6.07. The molecule has 19 heavy (non-hydrogen) atoms. The molecule has 0 bridgehead atoms. The zero-order chi connectivity index (χ0) is 14.8. The van der Waals surface area contributed by atoms with Crippen molar-refractivity contribution in [1.82, 2.24) is 0 Å². The molecule has 0 saturated heterocycles. The third-order valence-electron chi connectivity index (χ3n) is 2.36. The molecule has 0 aliphatic rings. The van der Waals surface area contributed by atoms with Crippen molar-refractivity contribution in [3.63, 3.8) is 0 Å². The van der Waals surface area contributed by atoms with E-state index in [0.717, 1.165) is 0 Å². The molecule has 3 nitrogen and oxygen atoms in total. The average molecular weight is 331 g/mol. The number of halogens is 2. The van der Waals surface area contributed by atoms with Gasteiger partial charge in [0, 0.05) is 4.47 Å². The van der Waals surface area contributed by atoms with E-state index < -0.39 is 29.1 Å². The summed E-state index contributed by atoms with van der Waals surface area (Å²) in [5.41, 5.74) is -0.807. The molecule has 0 heterocycles. The van der Waals surface area contributed by atoms with Gasteiger partial charge in [-0.1, -0.05) is 6.07 Å². The molecule has 0 N–H and O–H groups in total. The average Bonchev–Trinajstić information content (AvgIpc) is 2.25. The van der Waals surface area contributed by atoms with Gasteiger partial charge in [-0.2, -0.15) is 0 Å². The number of ether oxygens (including phenoxy) is 1. The summed E-state index contributed by atoms with van der Waals surface area (Å²) in [5, 5.41) is 0. The van der Waals surface area contributed by atoms with E-state index in [4.69, 9.17) is 4.74 Å². The van der Waals surface area contributed by atoms with Crippen LogP contribution in [-0.4, -0.2) is 17.4 Å². The number of esters is 1. The van der Waals surface area contributed by atoms with Crippen LogP contribution in [0.3, 0.4) is 0 Å². The van der Waals surface area contributed by atoms with Crippen LogP contribution >= 0.6 is 15.9 Å². The lowest BCUT2D eigenvalue weighted by Gasteiger charge is -2.22. The second-order valence-electron chi connectivity index (χ2n) is 5.22. The van der Waals surface area contributed by atoms with E-state index in [0.29, 0.717) is 4.47 Å². The fourth-order valence-electron chi connectivity index (χ4n) is 1.45. The molecule has 0 fully saturated rings. The van der Waals surface area contributed by atoms with Crippen molar-refractivity contribution in [3.05, 3.63) is 34.1 Å². The molecular weight excluding hydrogens is 315 g/mol. The number of hydrogen-bond donors (Lipinski definition) is 0. The minimum atomic E-state index is -1.05. The lowest BCUT2D eigenvalue weighted by Crippen LogP contribution is -2.31. The Bertz CT molecular complexity index is 486. The number of carbonyl (C=O) groups excluding carboxylic acids is 2. The number of Topliss-reactive ketones (excluding diaryl/α,β-unsaturated/α-hetero) is 1. The van der Waals surface area contributed by atoms with Gasteiger partial charge in [-0.15, -0.1) is 0 Å². The van der Waals surface area contributed by atoms with E-state index in [9.17, 15) is 14.0 Å². The first kappa shape index (κ1) is 15.8. The summed E-state index contributed by atoms with van der Waals surface area (Å²) in [6, 6.07) is 4.21. The van der Waals surface area contributed by atoms with Crippen LogP contribution in [0, 0.1) is 11.7 Å². The predicted molar refractivity (Wildman–Crippen MR) is 73.4 cm³/mol. The molecule has 1 aromatic carbocycles. The van der Waals surface area contributed by atoms with E-state index in [1.165, 1.54) is 19.1 Å². The van der Waals surface area contributed by atoms with Crippen LogP contribution in [0.15, 0.2) is 22.7 Å². The molecule has 0 aromatic heterocycles. The SMILES string of the molecule is CC(C(=O)OC(C)(C)C)C(=O)c1c(F)cccc1Br. The maximum absolute atomic E-state index is 13.7. The molecule has 1 atom stereocenters. The Morgan fingerprint density at radius 2 is 1.89 bits per heavy atom. The lowest BCUT2D eigenvalue weighted by molar-refractivity contribution is -0.157. The molecule has 0 radical (unpaired) electrons. The van der Waals surface area contributed by atoms with E-state index in [1.807, 2.05) is 0 Å². The number of rotatable bonds is 3. The number of ketones is 1. The van der Waals surface area contributed by atoms with Crippen molar-refractivity contribution in [2.24, 2.45) is 5.92 Å². The summed E-state index contributed by atoms with van der Waals surface area (Å²) in [6.07, 6.45) is 0. The van der Waals surface area contributed by atoms with Crippen LogP contribution in [0.5, 0.6) is 0 Å². The molecular formula is C14H16BrFO3. The van der Waals surface area contributed by atoms with Gasteiger partial charge in [0.25, 0.3) is 0 Å². The van der Waals surface area contributed by atoms with Crippen molar-refractivity contribution in [3.8, 4) is 0 Å². The number of benzene rings is 1. The number of hydrogen-bond acceptors (Lipinski definition) is 3. The first-order chi connectivity index (χ1) is 8.63. The third-order valence-corrected chi connectivity index (χ3v) is 3.02. The zero-order valence-electron chi connectivity index (χ0n) is 11.3. The minimum absolute atomic E-state index is 0.124. The smallest absolute Gasteiger partial charge is 0.317 e. The van der Waals surface area contributed by atoms with Gasteiger partial charge in [-0.25, -0.2) is 4.39 Å². The molecule has 1 unspecified atom stereocenters. The van der Waals surface area contributed by atoms with Gasteiger partial charge in [0.05, 0.1) is 5.56 Å². The highest BCUT2D eigenvalue weighted by Gasteiger charge is 2.30. The molecule has 0 amide bonds. The minimum Gasteiger partial charge on any atom is -0.459 e. The van der Waals surface area contributed by atoms with Crippen molar-refractivity contribution in [2.45, 2.75) is 33.3 Å². The normalized spacial score (nSPS) is 12.9. The summed E-state index contributed by atoms with van der Waals surface area (Å²) < 4.78 is 19.1. The first-order valence-electron chi connectivity index (χ1n) is 5.84. The highest BCUT2D eigenvalue weighted by atomic mass is 79.9. The van der Waals surface area contributed by atoms with Gasteiger partial charge >= 0.3 is 5.97 Å². The summed E-state index contributed by atoms with van der Waals surface area (Å²) in [6.45, 7) is 6.54. The maximum atomic E-state index is 13.7. The maximum Gasteiger partial charge on any atom is 0.317 e. The number of carbonyl (C=O) groups is 2. The Labute approximate surface area is 120 Å². The van der Waals surface area contributed by atoms with Crippen LogP contribution in [0.2, 0.25) is 0 Å². The standard InChI is InChI=1S/C14H16BrFO3/c1-8(13(18)19-14(2,3)4)12(17)11-9(15)6-5-7-10(11)16/h5-8H,1-4H3. The molecule has 0 spiro atoms. The molecule has 1 aromatic rings. The fraction of sp³-hybridized carbons (Fsp3) is 0.429. The van der Waals surface area contributed by atoms with Crippen molar-refractivity contribution in [1.29, 1.82) is 0 Å². The van der Waals surface area contributed by atoms with Crippen LogP contribution < -0.4 is 0 Å². The summed E-state index contributed by atoms with van der Waals surface area (Å²) in [5.74, 6) is -2.96. The third kappa shape index (κ3) is 4.13. The fourth-order valence-corrected chi connectivity index (χ4v) is 1.98. The van der Waals surface area contributed by atoms with Crippen LogP contribution in [0.4, 0.5) is 4.39 Å². The van der Waals surface area contributed by atoms with Gasteiger partial charge in [0.15, 0.2) is 5.78 Å². The monoisotopic (exact) mass is 330 g/mol. The summed E-state index contributed by atoms with van der Waals surface area (Å²) in [4.78, 5) is 24.0. The molecule has 0 aliphatic carbocycles. The zero-order valence-corrected chi connectivity index (χ0v) is 12.9. The van der Waals surface area contributed by atoms with Crippen LogP contribution in [0.1, 0.15) is 38.1 Å². The lowest BCUT2D eigenvalue weighted by atomic mass is 9.98. The van der Waals surface area contributed by atoms with E-state index in [2.05, 4.69) is 15.9 Å². The highest BCUT2D eigenvalue weighted by Crippen LogP contribution is 2.24. The molecule has 5 heteroatoms. The second kappa shape index (κ2) is 5.82. The predicted octanol–water partition coefficient (Wildman–Crippen LogP) is 3.75. The molecule has 104 valence electrons. The van der Waals surface area contributed by atoms with Gasteiger partial charge < -0.3 is 4.74 Å². The topological polar surface area (TPSA) is 43.4 Å². The van der Waals surface area contributed by atoms with Gasteiger partial charge in [-0.3, -0.25) is 9.59 Å². The Morgan fingerprint density at radius 3 is 2.37 bits per heavy atom. The van der Waals surface area contributed by atoms with E-state index in [-0.39, 0.29) is 5.56 Å². The van der Waals surface area contributed by atoms with Crippen molar-refractivity contribution in [2.75, 3.05) is 0 Å². The molecule has 1 rings (SSSR count). The molecule has 0 aliphatic heterocycles. The highest BCUT2D eigenvalue weighted by molar-refractivity contribution is 9.10. The summed E-state index contributed by atoms with van der Waals surface area (Å²) >= 11 is 3.11. The van der Waals surface area contributed by atoms with Crippen molar-refractivity contribution >= 4 is 27.7 Å². The summed E-state index contributed by atoms with van der Waals surface area (Å²) in [7, 11) is 0. The van der Waals surface area contributed by atoms with E-state index in [1.54, 1.807) is 26.8 Å². The van der Waals surface area contributed by atoms with E-state index >= 15 is 0 Å². The van der Waals surface area contributed by atoms with Gasteiger partial charge in [-0.05, 0) is 55.8 Å². The largest absolute Gasteiger partial charge is 0.459 e. The van der Waals surface area contributed by atoms with Crippen LogP contribution in [-0.2, 0) is 9.53 Å². The quantitative estimate of drug-likeness (QED) is 0.481. The van der Waals surface area contributed by atoms with Crippen molar-refractivity contribution < 1.29 is 18.7 Å². The Morgan fingerprint density at radius 1 is 1.32 bits per heavy atom. The van der Waals surface area contributed by atoms with Crippen LogP contribution in [0.25, 0.3) is 0 Å². The first-order valence-corrected chi connectivity index (χ1v) is 6.64. The van der Waals surface area contributed by atoms with Gasteiger partial charge in [0.1, 0.15) is 17.3 Å².